The van der Waals surface area contributed by atoms with E-state index in [1.165, 1.54) is 102 Å². The zero-order valence-corrected chi connectivity index (χ0v) is 15.8. The number of piperidine rings is 3. The second kappa shape index (κ2) is 8.55. The van der Waals surface area contributed by atoms with Gasteiger partial charge in [-0.1, -0.05) is 25.0 Å². The first-order valence-electron chi connectivity index (χ1n) is 10.7. The van der Waals surface area contributed by atoms with Crippen molar-refractivity contribution in [2.45, 2.75) is 64.0 Å². The molecular weight excluding hydrogens is 306 g/mol. The molecule has 3 heteroatoms. The quantitative estimate of drug-likeness (QED) is 0.815. The molecule has 3 aliphatic heterocycles. The zero-order chi connectivity index (χ0) is 16.9. The van der Waals surface area contributed by atoms with Crippen molar-refractivity contribution in [2.75, 3.05) is 44.2 Å². The molecule has 3 aliphatic rings. The van der Waals surface area contributed by atoms with E-state index in [9.17, 15) is 0 Å². The molecule has 1 aromatic rings. The van der Waals surface area contributed by atoms with Crippen LogP contribution in [0.3, 0.4) is 0 Å². The summed E-state index contributed by atoms with van der Waals surface area (Å²) in [6, 6.07) is 10.3. The Morgan fingerprint density at radius 2 is 1.28 bits per heavy atom. The van der Waals surface area contributed by atoms with Crippen molar-refractivity contribution < 1.29 is 0 Å². The number of likely N-dealkylation sites (tertiary alicyclic amines) is 2. The number of hydrogen-bond acceptors (Lipinski definition) is 3. The van der Waals surface area contributed by atoms with Crippen LogP contribution in [0.2, 0.25) is 0 Å². The number of hydrogen-bond donors (Lipinski definition) is 0. The second-order valence-corrected chi connectivity index (χ2v) is 8.32. The van der Waals surface area contributed by atoms with Gasteiger partial charge < -0.3 is 9.80 Å². The summed E-state index contributed by atoms with van der Waals surface area (Å²) in [6.07, 6.45) is 11.1. The minimum Gasteiger partial charge on any atom is -0.371 e. The van der Waals surface area contributed by atoms with Crippen LogP contribution in [0, 0.1) is 0 Å². The predicted molar refractivity (Wildman–Crippen MR) is 106 cm³/mol. The summed E-state index contributed by atoms with van der Waals surface area (Å²) < 4.78 is 0. The Labute approximate surface area is 154 Å². The van der Waals surface area contributed by atoms with Gasteiger partial charge in [0.2, 0.25) is 0 Å². The van der Waals surface area contributed by atoms with Crippen molar-refractivity contribution in [1.82, 2.24) is 9.80 Å². The summed E-state index contributed by atoms with van der Waals surface area (Å²) in [5.74, 6) is 0. The lowest BCUT2D eigenvalue weighted by Crippen LogP contribution is -2.46. The Morgan fingerprint density at radius 3 is 1.92 bits per heavy atom. The van der Waals surface area contributed by atoms with Gasteiger partial charge in [-0.2, -0.15) is 0 Å². The van der Waals surface area contributed by atoms with E-state index < -0.39 is 0 Å². The van der Waals surface area contributed by atoms with E-state index in [0.717, 1.165) is 12.6 Å². The van der Waals surface area contributed by atoms with Crippen LogP contribution in [0.25, 0.3) is 0 Å². The summed E-state index contributed by atoms with van der Waals surface area (Å²) in [6.45, 7) is 8.85. The van der Waals surface area contributed by atoms with E-state index in [0.29, 0.717) is 0 Å². The van der Waals surface area contributed by atoms with Gasteiger partial charge in [-0.3, -0.25) is 4.90 Å². The van der Waals surface area contributed by atoms with E-state index >= 15 is 0 Å². The van der Waals surface area contributed by atoms with Gasteiger partial charge >= 0.3 is 0 Å². The van der Waals surface area contributed by atoms with E-state index in [1.807, 2.05) is 0 Å². The van der Waals surface area contributed by atoms with Crippen LogP contribution in [-0.2, 0) is 6.54 Å². The highest BCUT2D eigenvalue weighted by Gasteiger charge is 2.25. The topological polar surface area (TPSA) is 9.72 Å². The molecule has 25 heavy (non-hydrogen) atoms. The van der Waals surface area contributed by atoms with Crippen molar-refractivity contribution >= 4 is 5.69 Å². The van der Waals surface area contributed by atoms with Gasteiger partial charge in [-0.15, -0.1) is 0 Å². The standard InChI is InChI=1S/C22H35N3/c1-3-13-23(14-4-1)19-20-7-9-21(10-8-20)25-17-11-22(12-18-25)24-15-5-2-6-16-24/h7-10,22H,1-6,11-19H2. The molecule has 0 bridgehead atoms. The fourth-order valence-corrected chi connectivity index (χ4v) is 4.96. The molecule has 0 unspecified atom stereocenters. The van der Waals surface area contributed by atoms with Crippen LogP contribution in [-0.4, -0.2) is 55.1 Å². The third-order valence-electron chi connectivity index (χ3n) is 6.53. The SMILES string of the molecule is c1cc(N2CCC(N3CCCCC3)CC2)ccc1CN1CCCCC1. The molecule has 3 heterocycles. The highest BCUT2D eigenvalue weighted by atomic mass is 15.2. The van der Waals surface area contributed by atoms with Crippen LogP contribution < -0.4 is 4.90 Å². The highest BCUT2D eigenvalue weighted by molar-refractivity contribution is 5.48. The summed E-state index contributed by atoms with van der Waals surface area (Å²) in [5, 5.41) is 0. The molecule has 3 saturated heterocycles. The molecule has 4 rings (SSSR count). The van der Waals surface area contributed by atoms with Gasteiger partial charge in [-0.05, 0) is 82.4 Å². The van der Waals surface area contributed by atoms with Crippen molar-refractivity contribution in [3.05, 3.63) is 29.8 Å². The second-order valence-electron chi connectivity index (χ2n) is 8.32. The fourth-order valence-electron chi connectivity index (χ4n) is 4.96. The molecular formula is C22H35N3. The average molecular weight is 342 g/mol. The Kier molecular flexibility index (Phi) is 5.94. The molecule has 1 aromatic carbocycles. The van der Waals surface area contributed by atoms with Crippen molar-refractivity contribution in [3.8, 4) is 0 Å². The average Bonchev–Trinajstić information content (AvgIpc) is 2.70. The van der Waals surface area contributed by atoms with Crippen molar-refractivity contribution in [3.63, 3.8) is 0 Å². The van der Waals surface area contributed by atoms with E-state index in [1.54, 1.807) is 0 Å². The molecule has 0 N–H and O–H groups in total. The van der Waals surface area contributed by atoms with Gasteiger partial charge in [0.1, 0.15) is 0 Å². The Hall–Kier alpha value is -1.06. The Balaban J connectivity index is 1.27. The largest absolute Gasteiger partial charge is 0.371 e. The van der Waals surface area contributed by atoms with Crippen molar-refractivity contribution in [1.29, 1.82) is 0 Å². The van der Waals surface area contributed by atoms with E-state index in [-0.39, 0.29) is 0 Å². The van der Waals surface area contributed by atoms with E-state index in [4.69, 9.17) is 0 Å². The normalized spacial score (nSPS) is 24.6. The summed E-state index contributed by atoms with van der Waals surface area (Å²) in [4.78, 5) is 7.98. The first kappa shape index (κ1) is 17.4. The molecule has 138 valence electrons. The van der Waals surface area contributed by atoms with Crippen LogP contribution in [0.1, 0.15) is 56.9 Å². The highest BCUT2D eigenvalue weighted by Crippen LogP contribution is 2.25. The molecule has 0 radical (unpaired) electrons. The minimum atomic E-state index is 0.843. The molecule has 0 spiro atoms. The first-order chi connectivity index (χ1) is 12.4. The van der Waals surface area contributed by atoms with Crippen LogP contribution >= 0.6 is 0 Å². The van der Waals surface area contributed by atoms with Gasteiger partial charge in [0.15, 0.2) is 0 Å². The molecule has 0 atom stereocenters. The third kappa shape index (κ3) is 4.57. The van der Waals surface area contributed by atoms with E-state index in [2.05, 4.69) is 39.0 Å². The molecule has 0 saturated carbocycles. The lowest BCUT2D eigenvalue weighted by atomic mass is 9.99. The molecule has 3 fully saturated rings. The van der Waals surface area contributed by atoms with Gasteiger partial charge in [0.05, 0.1) is 0 Å². The van der Waals surface area contributed by atoms with Crippen LogP contribution in [0.5, 0.6) is 0 Å². The fraction of sp³-hybridized carbons (Fsp3) is 0.727. The summed E-state index contributed by atoms with van der Waals surface area (Å²) in [5.41, 5.74) is 2.91. The van der Waals surface area contributed by atoms with Crippen molar-refractivity contribution in [2.24, 2.45) is 0 Å². The lowest BCUT2D eigenvalue weighted by molar-refractivity contribution is 0.141. The summed E-state index contributed by atoms with van der Waals surface area (Å²) in [7, 11) is 0. The lowest BCUT2D eigenvalue weighted by Gasteiger charge is -2.41. The van der Waals surface area contributed by atoms with Gasteiger partial charge in [-0.25, -0.2) is 0 Å². The zero-order valence-electron chi connectivity index (χ0n) is 15.8. The Bertz CT molecular complexity index is 507. The molecule has 0 aliphatic carbocycles. The third-order valence-corrected chi connectivity index (χ3v) is 6.53. The molecule has 0 amide bonds. The maximum Gasteiger partial charge on any atom is 0.0366 e. The smallest absolute Gasteiger partial charge is 0.0366 e. The van der Waals surface area contributed by atoms with Gasteiger partial charge in [0, 0.05) is 31.4 Å². The predicted octanol–water partition coefficient (Wildman–Crippen LogP) is 4.13. The first-order valence-corrected chi connectivity index (χ1v) is 10.7. The molecule has 3 nitrogen and oxygen atoms in total. The maximum absolute atomic E-state index is 2.77. The number of nitrogens with zero attached hydrogens (tertiary/aromatic N) is 3. The summed E-state index contributed by atoms with van der Waals surface area (Å²) >= 11 is 0. The molecule has 0 aromatic heterocycles. The number of rotatable bonds is 4. The minimum absolute atomic E-state index is 0.843. The Morgan fingerprint density at radius 1 is 0.680 bits per heavy atom. The number of anilines is 1. The van der Waals surface area contributed by atoms with Crippen LogP contribution in [0.4, 0.5) is 5.69 Å². The maximum atomic E-state index is 2.77. The van der Waals surface area contributed by atoms with Crippen LogP contribution in [0.15, 0.2) is 24.3 Å². The monoisotopic (exact) mass is 341 g/mol. The number of benzene rings is 1. The van der Waals surface area contributed by atoms with Gasteiger partial charge in [0.25, 0.3) is 0 Å².